The molecule has 0 bridgehead atoms. The molecule has 0 radical (unpaired) electrons. The van der Waals surface area contributed by atoms with Gasteiger partial charge in [-0.2, -0.15) is 0 Å². The topological polar surface area (TPSA) is 49.7 Å². The Labute approximate surface area is 130 Å². The summed E-state index contributed by atoms with van der Waals surface area (Å²) in [5.41, 5.74) is 4.19. The number of aromatic hydroxyl groups is 1. The van der Waals surface area contributed by atoms with Gasteiger partial charge in [-0.3, -0.25) is 0 Å². The van der Waals surface area contributed by atoms with E-state index in [0.717, 1.165) is 34.4 Å². The first-order valence-corrected chi connectivity index (χ1v) is 7.60. The van der Waals surface area contributed by atoms with Gasteiger partial charge in [0.05, 0.1) is 6.61 Å². The number of ether oxygens (including phenoxy) is 1. The molecule has 0 atom stereocenters. The first-order chi connectivity index (χ1) is 10.8. The minimum absolute atomic E-state index is 0.163. The van der Waals surface area contributed by atoms with E-state index in [2.05, 4.69) is 6.07 Å². The average Bonchev–Trinajstić information content (AvgIpc) is 2.95. The van der Waals surface area contributed by atoms with E-state index < -0.39 is 0 Å². The molecule has 2 aromatic rings. The van der Waals surface area contributed by atoms with Crippen LogP contribution in [0.4, 0.5) is 0 Å². The molecule has 3 nitrogen and oxygen atoms in total. The van der Waals surface area contributed by atoms with Crippen LogP contribution in [0.25, 0.3) is 6.08 Å². The van der Waals surface area contributed by atoms with Crippen molar-refractivity contribution in [2.45, 2.75) is 19.3 Å². The molecule has 3 heteroatoms. The van der Waals surface area contributed by atoms with Gasteiger partial charge in [0, 0.05) is 24.2 Å². The van der Waals surface area contributed by atoms with Gasteiger partial charge in [-0.15, -0.1) is 0 Å². The number of hydrogen-bond donors (Lipinski definition) is 2. The molecule has 0 amide bonds. The molecule has 0 spiro atoms. The average molecular weight is 296 g/mol. The second-order valence-corrected chi connectivity index (χ2v) is 5.51. The number of benzene rings is 2. The van der Waals surface area contributed by atoms with Crippen molar-refractivity contribution in [3.05, 3.63) is 64.7 Å². The van der Waals surface area contributed by atoms with Gasteiger partial charge in [-0.25, -0.2) is 0 Å². The summed E-state index contributed by atoms with van der Waals surface area (Å²) < 4.78 is 5.54. The van der Waals surface area contributed by atoms with Crippen LogP contribution in [-0.4, -0.2) is 23.4 Å². The minimum atomic E-state index is 0.163. The Hall–Kier alpha value is -2.26. The second-order valence-electron chi connectivity index (χ2n) is 5.51. The van der Waals surface area contributed by atoms with Gasteiger partial charge in [-0.1, -0.05) is 36.4 Å². The predicted octanol–water partition coefficient (Wildman–Crippen LogP) is 3.12. The Balaban J connectivity index is 1.71. The van der Waals surface area contributed by atoms with Gasteiger partial charge < -0.3 is 14.9 Å². The van der Waals surface area contributed by atoms with E-state index in [0.29, 0.717) is 25.2 Å². The monoisotopic (exact) mass is 296 g/mol. The fourth-order valence-electron chi connectivity index (χ4n) is 2.72. The number of hydrogen-bond acceptors (Lipinski definition) is 3. The van der Waals surface area contributed by atoms with Gasteiger partial charge in [0.1, 0.15) is 11.5 Å². The zero-order valence-electron chi connectivity index (χ0n) is 12.5. The molecular weight excluding hydrogens is 276 g/mol. The lowest BCUT2D eigenvalue weighted by Crippen LogP contribution is -1.90. The molecule has 114 valence electrons. The Morgan fingerprint density at radius 1 is 1.18 bits per heavy atom. The Morgan fingerprint density at radius 3 is 2.95 bits per heavy atom. The molecule has 0 fully saturated rings. The molecule has 0 saturated heterocycles. The number of phenols is 1. The molecule has 22 heavy (non-hydrogen) atoms. The normalized spacial score (nSPS) is 13.3. The van der Waals surface area contributed by atoms with Crippen molar-refractivity contribution in [3.8, 4) is 11.5 Å². The van der Waals surface area contributed by atoms with Crippen molar-refractivity contribution in [2.24, 2.45) is 0 Å². The number of aliphatic hydroxyl groups excluding tert-OH is 1. The summed E-state index contributed by atoms with van der Waals surface area (Å²) in [4.78, 5) is 0. The van der Waals surface area contributed by atoms with Crippen molar-refractivity contribution in [2.75, 3.05) is 13.2 Å². The fourth-order valence-corrected chi connectivity index (χ4v) is 2.72. The molecule has 1 aliphatic heterocycles. The Morgan fingerprint density at radius 2 is 2.09 bits per heavy atom. The maximum atomic E-state index is 10.1. The molecule has 2 N–H and O–H groups in total. The summed E-state index contributed by atoms with van der Waals surface area (Å²) >= 11 is 0. The van der Waals surface area contributed by atoms with Gasteiger partial charge in [-0.05, 0) is 36.1 Å². The summed E-state index contributed by atoms with van der Waals surface area (Å²) in [6.45, 7) is 0.863. The predicted molar refractivity (Wildman–Crippen MR) is 87.3 cm³/mol. The lowest BCUT2D eigenvalue weighted by Gasteiger charge is -2.05. The third kappa shape index (κ3) is 3.31. The second kappa shape index (κ2) is 6.67. The van der Waals surface area contributed by atoms with E-state index >= 15 is 0 Å². The highest BCUT2D eigenvalue weighted by molar-refractivity contribution is 5.53. The molecule has 0 saturated carbocycles. The number of allylic oxidation sites excluding steroid dienone is 1. The van der Waals surface area contributed by atoms with Crippen LogP contribution < -0.4 is 4.74 Å². The maximum absolute atomic E-state index is 10.1. The Bertz CT molecular complexity index is 689. The van der Waals surface area contributed by atoms with Crippen molar-refractivity contribution in [1.29, 1.82) is 0 Å². The molecule has 1 aliphatic rings. The summed E-state index contributed by atoms with van der Waals surface area (Å²) in [5, 5.41) is 19.1. The lowest BCUT2D eigenvalue weighted by molar-refractivity contribution is 0.299. The maximum Gasteiger partial charge on any atom is 0.123 e. The molecule has 3 rings (SSSR count). The third-order valence-electron chi connectivity index (χ3n) is 3.89. The van der Waals surface area contributed by atoms with Crippen LogP contribution in [-0.2, 0) is 19.3 Å². The highest BCUT2D eigenvalue weighted by Gasteiger charge is 2.14. The van der Waals surface area contributed by atoms with Crippen LogP contribution in [0.3, 0.4) is 0 Å². The van der Waals surface area contributed by atoms with E-state index in [4.69, 9.17) is 9.84 Å². The number of fused-ring (bicyclic) bond motifs is 1. The minimum Gasteiger partial charge on any atom is -0.508 e. The van der Waals surface area contributed by atoms with Gasteiger partial charge >= 0.3 is 0 Å². The van der Waals surface area contributed by atoms with Crippen molar-refractivity contribution >= 4 is 6.08 Å². The van der Waals surface area contributed by atoms with E-state index in [1.54, 1.807) is 0 Å². The first kappa shape index (κ1) is 14.7. The van der Waals surface area contributed by atoms with Gasteiger partial charge in [0.15, 0.2) is 0 Å². The molecule has 2 aromatic carbocycles. The summed E-state index contributed by atoms with van der Waals surface area (Å²) in [6, 6.07) is 11.8. The van der Waals surface area contributed by atoms with Crippen LogP contribution >= 0.6 is 0 Å². The quantitative estimate of drug-likeness (QED) is 0.891. The van der Waals surface area contributed by atoms with Crippen LogP contribution in [0.1, 0.15) is 22.3 Å². The largest absolute Gasteiger partial charge is 0.508 e. The van der Waals surface area contributed by atoms with Crippen LogP contribution in [0.5, 0.6) is 11.5 Å². The number of rotatable bonds is 5. The molecule has 0 aliphatic carbocycles. The molecular formula is C19H20O3. The van der Waals surface area contributed by atoms with E-state index in [1.807, 2.05) is 42.5 Å². The van der Waals surface area contributed by atoms with Crippen molar-refractivity contribution < 1.29 is 14.9 Å². The lowest BCUT2D eigenvalue weighted by atomic mass is 10.0. The smallest absolute Gasteiger partial charge is 0.123 e. The Kier molecular flexibility index (Phi) is 4.45. The number of aliphatic hydroxyl groups is 1. The van der Waals surface area contributed by atoms with Crippen molar-refractivity contribution in [1.82, 2.24) is 0 Å². The fraction of sp³-hybridized carbons (Fsp3) is 0.263. The zero-order chi connectivity index (χ0) is 15.4. The van der Waals surface area contributed by atoms with Crippen molar-refractivity contribution in [3.63, 3.8) is 0 Å². The SMILES string of the molecule is OCCc1cccc(/C=C/Cc2cc3c(cc2O)CCO3)c1. The summed E-state index contributed by atoms with van der Waals surface area (Å²) in [6.07, 6.45) is 6.27. The zero-order valence-corrected chi connectivity index (χ0v) is 12.5. The van der Waals surface area contributed by atoms with Gasteiger partial charge in [0.25, 0.3) is 0 Å². The molecule has 0 unspecified atom stereocenters. The van der Waals surface area contributed by atoms with E-state index in [9.17, 15) is 5.11 Å². The van der Waals surface area contributed by atoms with Crippen LogP contribution in [0, 0.1) is 0 Å². The van der Waals surface area contributed by atoms with E-state index in [1.165, 1.54) is 0 Å². The summed E-state index contributed by atoms with van der Waals surface area (Å²) in [7, 11) is 0. The molecule has 0 aromatic heterocycles. The van der Waals surface area contributed by atoms with Crippen LogP contribution in [0.2, 0.25) is 0 Å². The molecule has 1 heterocycles. The van der Waals surface area contributed by atoms with E-state index in [-0.39, 0.29) is 6.61 Å². The summed E-state index contributed by atoms with van der Waals surface area (Å²) in [5.74, 6) is 1.23. The first-order valence-electron chi connectivity index (χ1n) is 7.60. The van der Waals surface area contributed by atoms with Crippen LogP contribution in [0.15, 0.2) is 42.5 Å². The highest BCUT2D eigenvalue weighted by atomic mass is 16.5. The standard InChI is InChI=1S/C19H20O3/c20-9-7-15-4-1-3-14(11-15)5-2-6-16-13-19-17(8-10-22-19)12-18(16)21/h1-5,11-13,20-21H,6-10H2/b5-2+. The van der Waals surface area contributed by atoms with Gasteiger partial charge in [0.2, 0.25) is 0 Å². The third-order valence-corrected chi connectivity index (χ3v) is 3.89. The number of phenolic OH excluding ortho intramolecular Hbond substituents is 1. The highest BCUT2D eigenvalue weighted by Crippen LogP contribution is 2.32.